The molecule has 2 aromatic rings. The normalized spacial score (nSPS) is 10.0. The Morgan fingerprint density at radius 3 is 2.61 bits per heavy atom. The lowest BCUT2D eigenvalue weighted by atomic mass is 10.0. The molecule has 0 bridgehead atoms. The Balaban J connectivity index is 2.22. The second-order valence-corrected chi connectivity index (χ2v) is 4.90. The van der Waals surface area contributed by atoms with E-state index in [1.165, 1.54) is 0 Å². The van der Waals surface area contributed by atoms with E-state index in [0.29, 0.717) is 30.0 Å². The predicted molar refractivity (Wildman–Crippen MR) is 88.9 cm³/mol. The number of hydrogen-bond acceptors (Lipinski definition) is 4. The highest BCUT2D eigenvalue weighted by Gasteiger charge is 2.15. The average molecular weight is 312 g/mol. The fourth-order valence-corrected chi connectivity index (χ4v) is 2.27. The zero-order valence-electron chi connectivity index (χ0n) is 13.3. The zero-order valence-corrected chi connectivity index (χ0v) is 13.3. The van der Waals surface area contributed by atoms with Crippen LogP contribution in [-0.2, 0) is 13.0 Å². The summed E-state index contributed by atoms with van der Waals surface area (Å²) in [4.78, 5) is 16.3. The molecule has 1 aromatic carbocycles. The van der Waals surface area contributed by atoms with E-state index in [0.717, 1.165) is 11.1 Å². The summed E-state index contributed by atoms with van der Waals surface area (Å²) >= 11 is 0. The summed E-state index contributed by atoms with van der Waals surface area (Å²) in [5.74, 6) is 0.979. The number of aromatic nitrogens is 1. The Morgan fingerprint density at radius 1 is 1.26 bits per heavy atom. The number of carbonyl (C=O) groups is 1. The predicted octanol–water partition coefficient (Wildman–Crippen LogP) is 2.76. The molecule has 1 amide bonds. The van der Waals surface area contributed by atoms with Gasteiger partial charge in [-0.1, -0.05) is 6.08 Å². The van der Waals surface area contributed by atoms with E-state index in [1.54, 1.807) is 44.8 Å². The van der Waals surface area contributed by atoms with E-state index in [1.807, 2.05) is 12.1 Å². The number of pyridine rings is 1. The van der Waals surface area contributed by atoms with E-state index in [9.17, 15) is 4.79 Å². The molecule has 23 heavy (non-hydrogen) atoms. The van der Waals surface area contributed by atoms with E-state index in [-0.39, 0.29) is 5.91 Å². The van der Waals surface area contributed by atoms with Gasteiger partial charge in [-0.3, -0.25) is 9.78 Å². The maximum Gasteiger partial charge on any atom is 0.251 e. The fraction of sp³-hybridized carbons (Fsp3) is 0.222. The molecule has 0 saturated carbocycles. The first kappa shape index (κ1) is 16.5. The second kappa shape index (κ2) is 7.98. The van der Waals surface area contributed by atoms with Crippen LogP contribution in [0.25, 0.3) is 0 Å². The molecular formula is C18H20N2O3. The topological polar surface area (TPSA) is 60.5 Å². The first-order valence-electron chi connectivity index (χ1n) is 7.22. The third kappa shape index (κ3) is 4.10. The van der Waals surface area contributed by atoms with Crippen LogP contribution in [0.1, 0.15) is 21.5 Å². The third-order valence-electron chi connectivity index (χ3n) is 3.38. The number of nitrogens with zero attached hydrogens (tertiary/aromatic N) is 1. The number of amides is 1. The monoisotopic (exact) mass is 312 g/mol. The van der Waals surface area contributed by atoms with Crippen LogP contribution in [0.3, 0.4) is 0 Å². The molecule has 1 N–H and O–H groups in total. The molecular weight excluding hydrogens is 292 g/mol. The molecule has 120 valence electrons. The van der Waals surface area contributed by atoms with Gasteiger partial charge in [0, 0.05) is 30.1 Å². The van der Waals surface area contributed by atoms with Gasteiger partial charge >= 0.3 is 0 Å². The van der Waals surface area contributed by atoms with Crippen LogP contribution < -0.4 is 14.8 Å². The summed E-state index contributed by atoms with van der Waals surface area (Å²) in [6, 6.07) is 7.19. The van der Waals surface area contributed by atoms with Crippen LogP contribution in [-0.4, -0.2) is 25.1 Å². The van der Waals surface area contributed by atoms with Crippen LogP contribution in [0.15, 0.2) is 49.3 Å². The summed E-state index contributed by atoms with van der Waals surface area (Å²) in [6.45, 7) is 4.17. The molecule has 0 saturated heterocycles. The second-order valence-electron chi connectivity index (χ2n) is 4.90. The Labute approximate surface area is 136 Å². The van der Waals surface area contributed by atoms with Gasteiger partial charge in [-0.05, 0) is 36.2 Å². The number of methoxy groups -OCH3 is 2. The van der Waals surface area contributed by atoms with Gasteiger partial charge in [-0.15, -0.1) is 6.58 Å². The molecule has 0 atom stereocenters. The molecule has 0 spiro atoms. The van der Waals surface area contributed by atoms with E-state index in [4.69, 9.17) is 9.47 Å². The molecule has 5 heteroatoms. The van der Waals surface area contributed by atoms with Crippen LogP contribution in [0.5, 0.6) is 11.5 Å². The molecule has 1 aromatic heterocycles. The number of benzene rings is 1. The minimum absolute atomic E-state index is 0.173. The van der Waals surface area contributed by atoms with Crippen molar-refractivity contribution in [2.24, 2.45) is 0 Å². The lowest BCUT2D eigenvalue weighted by molar-refractivity contribution is 0.0950. The molecule has 0 aliphatic heterocycles. The molecule has 0 aliphatic rings. The minimum atomic E-state index is -0.173. The third-order valence-corrected chi connectivity index (χ3v) is 3.38. The highest BCUT2D eigenvalue weighted by Crippen LogP contribution is 2.33. The lowest BCUT2D eigenvalue weighted by Crippen LogP contribution is -2.23. The van der Waals surface area contributed by atoms with Gasteiger partial charge in [0.15, 0.2) is 11.5 Å². The van der Waals surface area contributed by atoms with Crippen molar-refractivity contribution in [3.63, 3.8) is 0 Å². The minimum Gasteiger partial charge on any atom is -0.493 e. The van der Waals surface area contributed by atoms with E-state index in [2.05, 4.69) is 16.9 Å². The number of carbonyl (C=O) groups excluding carboxylic acids is 1. The van der Waals surface area contributed by atoms with Gasteiger partial charge < -0.3 is 14.8 Å². The molecule has 0 fully saturated rings. The standard InChI is InChI=1S/C18H20N2O3/c1-4-5-14-10-15(11-16(22-2)17(14)23-3)18(21)20-12-13-6-8-19-9-7-13/h4,6-11H,1,5,12H2,2-3H3,(H,20,21). The Bertz CT molecular complexity index is 684. The summed E-state index contributed by atoms with van der Waals surface area (Å²) in [5.41, 5.74) is 2.37. The quantitative estimate of drug-likeness (QED) is 0.799. The highest BCUT2D eigenvalue weighted by atomic mass is 16.5. The van der Waals surface area contributed by atoms with Gasteiger partial charge in [0.1, 0.15) is 0 Å². The van der Waals surface area contributed by atoms with Gasteiger partial charge in [0.05, 0.1) is 14.2 Å². The van der Waals surface area contributed by atoms with Gasteiger partial charge in [0.25, 0.3) is 5.91 Å². The van der Waals surface area contributed by atoms with Crippen molar-refractivity contribution >= 4 is 5.91 Å². The van der Waals surface area contributed by atoms with E-state index < -0.39 is 0 Å². The van der Waals surface area contributed by atoms with Crippen molar-refractivity contribution in [1.82, 2.24) is 10.3 Å². The molecule has 1 heterocycles. The Hall–Kier alpha value is -2.82. The largest absolute Gasteiger partial charge is 0.493 e. The molecule has 5 nitrogen and oxygen atoms in total. The Morgan fingerprint density at radius 2 is 2.00 bits per heavy atom. The van der Waals surface area contributed by atoms with Crippen LogP contribution in [0, 0.1) is 0 Å². The fourth-order valence-electron chi connectivity index (χ4n) is 2.27. The van der Waals surface area contributed by atoms with Crippen LogP contribution in [0.4, 0.5) is 0 Å². The molecule has 0 aliphatic carbocycles. The number of rotatable bonds is 7. The van der Waals surface area contributed by atoms with E-state index >= 15 is 0 Å². The van der Waals surface area contributed by atoms with Gasteiger partial charge in [0.2, 0.25) is 0 Å². The summed E-state index contributed by atoms with van der Waals surface area (Å²) in [5, 5.41) is 2.88. The number of allylic oxidation sites excluding steroid dienone is 1. The number of nitrogens with one attached hydrogen (secondary N) is 1. The molecule has 2 rings (SSSR count). The first-order valence-corrected chi connectivity index (χ1v) is 7.22. The number of ether oxygens (including phenoxy) is 2. The lowest BCUT2D eigenvalue weighted by Gasteiger charge is -2.14. The summed E-state index contributed by atoms with van der Waals surface area (Å²) in [6.07, 6.45) is 5.74. The average Bonchev–Trinajstić information content (AvgIpc) is 2.60. The maximum atomic E-state index is 12.4. The van der Waals surface area contributed by atoms with Crippen molar-refractivity contribution in [1.29, 1.82) is 0 Å². The smallest absolute Gasteiger partial charge is 0.251 e. The zero-order chi connectivity index (χ0) is 16.7. The van der Waals surface area contributed by atoms with Gasteiger partial charge in [-0.25, -0.2) is 0 Å². The first-order chi connectivity index (χ1) is 11.2. The molecule has 0 unspecified atom stereocenters. The highest BCUT2D eigenvalue weighted by molar-refractivity contribution is 5.95. The Kier molecular flexibility index (Phi) is 5.74. The van der Waals surface area contributed by atoms with Crippen molar-refractivity contribution < 1.29 is 14.3 Å². The maximum absolute atomic E-state index is 12.4. The molecule has 0 radical (unpaired) electrons. The SMILES string of the molecule is C=CCc1cc(C(=O)NCc2ccncc2)cc(OC)c1OC. The van der Waals surface area contributed by atoms with Crippen LogP contribution in [0.2, 0.25) is 0 Å². The number of hydrogen-bond donors (Lipinski definition) is 1. The van der Waals surface area contributed by atoms with Crippen molar-refractivity contribution in [2.75, 3.05) is 14.2 Å². The van der Waals surface area contributed by atoms with Crippen LogP contribution >= 0.6 is 0 Å². The summed E-state index contributed by atoms with van der Waals surface area (Å²) in [7, 11) is 3.13. The van der Waals surface area contributed by atoms with Gasteiger partial charge in [-0.2, -0.15) is 0 Å². The van der Waals surface area contributed by atoms with Crippen molar-refractivity contribution in [3.8, 4) is 11.5 Å². The van der Waals surface area contributed by atoms with Crippen molar-refractivity contribution in [3.05, 3.63) is 66.0 Å². The summed E-state index contributed by atoms with van der Waals surface area (Å²) < 4.78 is 10.7. The van der Waals surface area contributed by atoms with Crippen molar-refractivity contribution in [2.45, 2.75) is 13.0 Å².